The first-order chi connectivity index (χ1) is 6.38. The lowest BCUT2D eigenvalue weighted by atomic mass is 10.2. The third-order valence-electron chi connectivity index (χ3n) is 1.51. The van der Waals surface area contributed by atoms with E-state index in [9.17, 15) is 0 Å². The summed E-state index contributed by atoms with van der Waals surface area (Å²) in [4.78, 5) is 8.18. The molecule has 0 atom stereocenters. The Bertz CT molecular complexity index is 287. The summed E-state index contributed by atoms with van der Waals surface area (Å²) in [6, 6.07) is 7.06. The smallest absolute Gasteiger partial charge is 0.173 e. The highest BCUT2D eigenvalue weighted by molar-refractivity contribution is 5.83. The van der Waals surface area contributed by atoms with E-state index in [0.717, 1.165) is 5.56 Å². The normalized spacial score (nSPS) is 10.6. The van der Waals surface area contributed by atoms with Gasteiger partial charge in [-0.25, -0.2) is 5.26 Å². The second-order valence-corrected chi connectivity index (χ2v) is 2.45. The van der Waals surface area contributed by atoms with Crippen molar-refractivity contribution in [1.29, 1.82) is 0 Å². The topological polar surface area (TPSA) is 67.8 Å². The predicted molar refractivity (Wildman–Crippen MR) is 51.2 cm³/mol. The molecule has 13 heavy (non-hydrogen) atoms. The average molecular weight is 180 g/mol. The Morgan fingerprint density at radius 1 is 1.46 bits per heavy atom. The van der Waals surface area contributed by atoms with Gasteiger partial charge >= 0.3 is 0 Å². The second kappa shape index (κ2) is 5.29. The zero-order valence-electron chi connectivity index (χ0n) is 7.18. The summed E-state index contributed by atoms with van der Waals surface area (Å²) in [6.07, 6.45) is 1.62. The van der Waals surface area contributed by atoms with E-state index < -0.39 is 0 Å². The largest absolute Gasteiger partial charge is 0.340 e. The number of hydrogen-bond donors (Lipinski definition) is 2. The van der Waals surface area contributed by atoms with Gasteiger partial charge < -0.3 is 10.6 Å². The van der Waals surface area contributed by atoms with Crippen LogP contribution in [0.5, 0.6) is 5.75 Å². The van der Waals surface area contributed by atoms with Gasteiger partial charge in [-0.15, -0.1) is 0 Å². The van der Waals surface area contributed by atoms with Crippen LogP contribution in [0, 0.1) is 0 Å². The molecule has 0 bridgehead atoms. The Kier molecular flexibility index (Phi) is 3.95. The van der Waals surface area contributed by atoms with Gasteiger partial charge in [0.1, 0.15) is 0 Å². The Morgan fingerprint density at radius 2 is 2.23 bits per heavy atom. The molecular formula is C9H12N2O2. The quantitative estimate of drug-likeness (QED) is 0.411. The molecule has 4 heteroatoms. The number of nitrogens with two attached hydrogens (primary N) is 1. The van der Waals surface area contributed by atoms with E-state index in [1.807, 2.05) is 6.07 Å². The van der Waals surface area contributed by atoms with Gasteiger partial charge in [0.05, 0.1) is 6.54 Å². The summed E-state index contributed by atoms with van der Waals surface area (Å²) in [5, 5.41) is 8.49. The van der Waals surface area contributed by atoms with Crippen molar-refractivity contribution in [2.75, 3.05) is 13.1 Å². The summed E-state index contributed by atoms with van der Waals surface area (Å²) >= 11 is 0. The van der Waals surface area contributed by atoms with Crippen molar-refractivity contribution in [3.8, 4) is 5.75 Å². The van der Waals surface area contributed by atoms with Crippen LogP contribution in [0.2, 0.25) is 0 Å². The Balaban J connectivity index is 2.74. The highest BCUT2D eigenvalue weighted by Crippen LogP contribution is 2.14. The van der Waals surface area contributed by atoms with Crippen LogP contribution < -0.4 is 10.6 Å². The van der Waals surface area contributed by atoms with Gasteiger partial charge in [0.2, 0.25) is 0 Å². The SMILES string of the molecule is NCCN=Cc1ccccc1OO. The molecule has 0 aliphatic heterocycles. The molecule has 0 aliphatic rings. The van der Waals surface area contributed by atoms with Crippen LogP contribution in [-0.4, -0.2) is 24.6 Å². The summed E-state index contributed by atoms with van der Waals surface area (Å²) in [7, 11) is 0. The third kappa shape index (κ3) is 2.85. The van der Waals surface area contributed by atoms with Crippen molar-refractivity contribution in [3.05, 3.63) is 29.8 Å². The summed E-state index contributed by atoms with van der Waals surface area (Å²) < 4.78 is 0. The standard InChI is InChI=1S/C9H12N2O2/c10-5-6-11-7-8-3-1-2-4-9(8)13-12/h1-4,7,12H,5-6,10H2. The van der Waals surface area contributed by atoms with Gasteiger partial charge in [0, 0.05) is 18.3 Å². The fourth-order valence-corrected chi connectivity index (χ4v) is 0.908. The van der Waals surface area contributed by atoms with Gasteiger partial charge in [0.25, 0.3) is 0 Å². The number of rotatable bonds is 4. The maximum atomic E-state index is 8.49. The second-order valence-electron chi connectivity index (χ2n) is 2.45. The van der Waals surface area contributed by atoms with E-state index >= 15 is 0 Å². The highest BCUT2D eigenvalue weighted by atomic mass is 17.1. The van der Waals surface area contributed by atoms with E-state index in [-0.39, 0.29) is 0 Å². The Morgan fingerprint density at radius 3 is 2.92 bits per heavy atom. The van der Waals surface area contributed by atoms with Crippen LogP contribution in [0.15, 0.2) is 29.3 Å². The fraction of sp³-hybridized carbons (Fsp3) is 0.222. The fourth-order valence-electron chi connectivity index (χ4n) is 0.908. The van der Waals surface area contributed by atoms with Crippen molar-refractivity contribution in [2.45, 2.75) is 0 Å². The van der Waals surface area contributed by atoms with Gasteiger partial charge in [-0.1, -0.05) is 12.1 Å². The number of nitrogens with zero attached hydrogens (tertiary/aromatic N) is 1. The molecule has 0 fully saturated rings. The monoisotopic (exact) mass is 180 g/mol. The number of para-hydroxylation sites is 1. The number of aliphatic imine (C=N–C) groups is 1. The zero-order valence-corrected chi connectivity index (χ0v) is 7.18. The molecule has 0 radical (unpaired) electrons. The van der Waals surface area contributed by atoms with E-state index in [1.165, 1.54) is 0 Å². The molecular weight excluding hydrogens is 168 g/mol. The number of hydrogen-bond acceptors (Lipinski definition) is 4. The molecule has 0 aromatic heterocycles. The first-order valence-electron chi connectivity index (χ1n) is 3.99. The van der Waals surface area contributed by atoms with Crippen molar-refractivity contribution in [2.24, 2.45) is 10.7 Å². The molecule has 1 aromatic rings. The van der Waals surface area contributed by atoms with Crippen LogP contribution in [0.1, 0.15) is 5.56 Å². The molecule has 0 aliphatic carbocycles. The van der Waals surface area contributed by atoms with Crippen molar-refractivity contribution < 1.29 is 10.1 Å². The van der Waals surface area contributed by atoms with E-state index in [4.69, 9.17) is 11.0 Å². The van der Waals surface area contributed by atoms with E-state index in [2.05, 4.69) is 9.88 Å². The molecule has 0 heterocycles. The third-order valence-corrected chi connectivity index (χ3v) is 1.51. The predicted octanol–water partition coefficient (Wildman–Crippen LogP) is 0.916. The van der Waals surface area contributed by atoms with Crippen LogP contribution in [-0.2, 0) is 0 Å². The molecule has 4 nitrogen and oxygen atoms in total. The molecule has 0 saturated carbocycles. The van der Waals surface area contributed by atoms with E-state index in [1.54, 1.807) is 24.4 Å². The molecule has 3 N–H and O–H groups in total. The Hall–Kier alpha value is -1.39. The zero-order chi connectivity index (χ0) is 9.52. The van der Waals surface area contributed by atoms with Crippen LogP contribution >= 0.6 is 0 Å². The van der Waals surface area contributed by atoms with Gasteiger partial charge in [-0.2, -0.15) is 0 Å². The minimum absolute atomic E-state index is 0.392. The average Bonchev–Trinajstić information content (AvgIpc) is 2.19. The molecule has 1 aromatic carbocycles. The molecule has 0 amide bonds. The van der Waals surface area contributed by atoms with Gasteiger partial charge in [-0.3, -0.25) is 4.99 Å². The summed E-state index contributed by atoms with van der Waals surface area (Å²) in [5.74, 6) is 0.392. The van der Waals surface area contributed by atoms with Crippen molar-refractivity contribution in [1.82, 2.24) is 0 Å². The van der Waals surface area contributed by atoms with Crippen LogP contribution in [0.25, 0.3) is 0 Å². The highest BCUT2D eigenvalue weighted by Gasteiger charge is 1.97. The first kappa shape index (κ1) is 9.70. The lowest BCUT2D eigenvalue weighted by Gasteiger charge is -1.99. The molecule has 0 unspecified atom stereocenters. The van der Waals surface area contributed by atoms with Crippen molar-refractivity contribution in [3.63, 3.8) is 0 Å². The minimum Gasteiger partial charge on any atom is -0.340 e. The van der Waals surface area contributed by atoms with Gasteiger partial charge in [0.15, 0.2) is 5.75 Å². The lowest BCUT2D eigenvalue weighted by Crippen LogP contribution is -2.02. The maximum Gasteiger partial charge on any atom is 0.173 e. The minimum atomic E-state index is 0.392. The van der Waals surface area contributed by atoms with E-state index in [0.29, 0.717) is 18.8 Å². The number of benzene rings is 1. The van der Waals surface area contributed by atoms with Gasteiger partial charge in [-0.05, 0) is 12.1 Å². The lowest BCUT2D eigenvalue weighted by molar-refractivity contribution is -0.137. The maximum absolute atomic E-state index is 8.49. The summed E-state index contributed by atoms with van der Waals surface area (Å²) in [5.41, 5.74) is 6.00. The van der Waals surface area contributed by atoms with Crippen LogP contribution in [0.4, 0.5) is 0 Å². The summed E-state index contributed by atoms with van der Waals surface area (Å²) in [6.45, 7) is 1.08. The molecule has 0 spiro atoms. The Labute approximate surface area is 76.6 Å². The van der Waals surface area contributed by atoms with Crippen LogP contribution in [0.3, 0.4) is 0 Å². The molecule has 0 saturated heterocycles. The van der Waals surface area contributed by atoms with Crippen molar-refractivity contribution >= 4 is 6.21 Å². The first-order valence-corrected chi connectivity index (χ1v) is 3.99. The molecule has 1 rings (SSSR count). The molecule has 70 valence electrons.